The summed E-state index contributed by atoms with van der Waals surface area (Å²) in [5.41, 5.74) is 9.85. The van der Waals surface area contributed by atoms with Crippen molar-refractivity contribution in [1.29, 1.82) is 0 Å². The Morgan fingerprint density at radius 2 is 1.05 bits per heavy atom. The minimum absolute atomic E-state index is 0.968. The van der Waals surface area contributed by atoms with Crippen LogP contribution in [0.3, 0.4) is 0 Å². The van der Waals surface area contributed by atoms with Crippen LogP contribution in [-0.4, -0.2) is 0 Å². The van der Waals surface area contributed by atoms with E-state index in [1.807, 2.05) is 0 Å². The maximum atomic E-state index is 6.35. The van der Waals surface area contributed by atoms with E-state index in [-0.39, 0.29) is 0 Å². The summed E-state index contributed by atoms with van der Waals surface area (Å²) in [7, 11) is 0. The number of hydrogen-bond donors (Lipinski definition) is 0. The molecule has 0 N–H and O–H groups in total. The lowest BCUT2D eigenvalue weighted by Crippen LogP contribution is -1.94. The maximum absolute atomic E-state index is 6.35. The van der Waals surface area contributed by atoms with Crippen molar-refractivity contribution in [3.63, 3.8) is 0 Å². The molecule has 7 aromatic rings. The second-order valence-electron chi connectivity index (χ2n) is 10.3. The Hall–Kier alpha value is -4.88. The molecule has 1 heterocycles. The van der Waals surface area contributed by atoms with Gasteiger partial charge in [0.05, 0.1) is 0 Å². The van der Waals surface area contributed by atoms with E-state index in [1.165, 1.54) is 65.9 Å². The molecular formula is C38H26O. The van der Waals surface area contributed by atoms with Crippen LogP contribution in [0.4, 0.5) is 0 Å². The fourth-order valence-electron chi connectivity index (χ4n) is 6.52. The van der Waals surface area contributed by atoms with Gasteiger partial charge in [-0.05, 0) is 79.9 Å². The number of fused-ring (bicyclic) bond motifs is 5. The third-order valence-corrected chi connectivity index (χ3v) is 8.16. The molecule has 0 saturated carbocycles. The van der Waals surface area contributed by atoms with Gasteiger partial charge in [0, 0.05) is 10.9 Å². The third kappa shape index (κ3) is 3.40. The summed E-state index contributed by atoms with van der Waals surface area (Å²) >= 11 is 0. The van der Waals surface area contributed by atoms with Crippen molar-refractivity contribution in [2.75, 3.05) is 0 Å². The van der Waals surface area contributed by atoms with Gasteiger partial charge in [0.2, 0.25) is 0 Å². The number of furan rings is 1. The van der Waals surface area contributed by atoms with Crippen LogP contribution >= 0.6 is 0 Å². The topological polar surface area (TPSA) is 13.1 Å². The van der Waals surface area contributed by atoms with Crippen molar-refractivity contribution in [3.05, 3.63) is 139 Å². The molecule has 0 aliphatic heterocycles. The van der Waals surface area contributed by atoms with Crippen molar-refractivity contribution in [2.24, 2.45) is 0 Å². The lowest BCUT2D eigenvalue weighted by Gasteiger charge is -2.20. The van der Waals surface area contributed by atoms with Crippen molar-refractivity contribution < 1.29 is 4.42 Å². The highest BCUT2D eigenvalue weighted by Crippen LogP contribution is 2.48. The summed E-state index contributed by atoms with van der Waals surface area (Å²) in [6, 6.07) is 43.9. The molecule has 0 radical (unpaired) electrons. The van der Waals surface area contributed by atoms with Gasteiger partial charge >= 0.3 is 0 Å². The number of benzene rings is 6. The summed E-state index contributed by atoms with van der Waals surface area (Å²) in [6.07, 6.45) is 6.41. The normalized spacial score (nSPS) is 12.8. The fraction of sp³-hybridized carbons (Fsp3) is 0.0526. The molecular weight excluding hydrogens is 472 g/mol. The molecule has 1 aliphatic carbocycles. The van der Waals surface area contributed by atoms with Gasteiger partial charge in [-0.2, -0.15) is 0 Å². The van der Waals surface area contributed by atoms with Gasteiger partial charge in [0.15, 0.2) is 0 Å². The minimum Gasteiger partial charge on any atom is -0.456 e. The van der Waals surface area contributed by atoms with Crippen LogP contribution in [0.5, 0.6) is 0 Å². The van der Waals surface area contributed by atoms with Gasteiger partial charge in [-0.25, -0.2) is 0 Å². The predicted molar refractivity (Wildman–Crippen MR) is 165 cm³/mol. The van der Waals surface area contributed by atoms with Gasteiger partial charge in [-0.15, -0.1) is 0 Å². The maximum Gasteiger partial charge on any atom is 0.135 e. The molecule has 0 bridgehead atoms. The van der Waals surface area contributed by atoms with E-state index >= 15 is 0 Å². The summed E-state index contributed by atoms with van der Waals surface area (Å²) in [5, 5.41) is 6.32. The average molecular weight is 499 g/mol. The van der Waals surface area contributed by atoms with Gasteiger partial charge in [-0.1, -0.05) is 121 Å². The lowest BCUT2D eigenvalue weighted by atomic mass is 9.83. The van der Waals surface area contributed by atoms with Gasteiger partial charge < -0.3 is 4.42 Å². The molecule has 1 heteroatoms. The Labute approximate surface area is 227 Å². The highest BCUT2D eigenvalue weighted by molar-refractivity contribution is 6.24. The molecule has 6 aromatic carbocycles. The predicted octanol–water partition coefficient (Wildman–Crippen LogP) is 10.7. The molecule has 0 unspecified atom stereocenters. The van der Waals surface area contributed by atoms with Crippen molar-refractivity contribution in [2.45, 2.75) is 12.8 Å². The summed E-state index contributed by atoms with van der Waals surface area (Å²) in [4.78, 5) is 0. The smallest absolute Gasteiger partial charge is 0.135 e. The Morgan fingerprint density at radius 1 is 0.487 bits per heavy atom. The van der Waals surface area contributed by atoms with E-state index in [9.17, 15) is 0 Å². The molecule has 1 nitrogen and oxygen atoms in total. The molecule has 0 saturated heterocycles. The Morgan fingerprint density at radius 3 is 1.74 bits per heavy atom. The number of allylic oxidation sites excluding steroid dienone is 1. The Kier molecular flexibility index (Phi) is 5.03. The van der Waals surface area contributed by atoms with E-state index in [0.29, 0.717) is 0 Å². The van der Waals surface area contributed by atoms with Gasteiger partial charge in [0.1, 0.15) is 11.3 Å². The average Bonchev–Trinajstić information content (AvgIpc) is 3.39. The molecule has 184 valence electrons. The Bertz CT molecular complexity index is 2000. The van der Waals surface area contributed by atoms with Crippen LogP contribution in [0.2, 0.25) is 0 Å². The fourth-order valence-corrected chi connectivity index (χ4v) is 6.52. The quantitative estimate of drug-likeness (QED) is 0.221. The Balaban J connectivity index is 1.52. The number of aryl methyl sites for hydroxylation is 1. The zero-order valence-electron chi connectivity index (χ0n) is 21.5. The lowest BCUT2D eigenvalue weighted by molar-refractivity contribution is 0.595. The van der Waals surface area contributed by atoms with Crippen LogP contribution in [0, 0.1) is 0 Å². The largest absolute Gasteiger partial charge is 0.456 e. The summed E-state index contributed by atoms with van der Waals surface area (Å²) < 4.78 is 6.35. The molecule has 1 aliphatic rings. The zero-order chi connectivity index (χ0) is 25.8. The second-order valence-corrected chi connectivity index (χ2v) is 10.3. The van der Waals surface area contributed by atoms with Crippen molar-refractivity contribution in [1.82, 2.24) is 0 Å². The van der Waals surface area contributed by atoms with Gasteiger partial charge in [-0.3, -0.25) is 0 Å². The van der Waals surface area contributed by atoms with E-state index in [4.69, 9.17) is 4.42 Å². The van der Waals surface area contributed by atoms with Crippen molar-refractivity contribution in [3.8, 4) is 33.4 Å². The van der Waals surface area contributed by atoms with Crippen LogP contribution < -0.4 is 0 Å². The molecule has 0 amide bonds. The van der Waals surface area contributed by atoms with Crippen LogP contribution in [-0.2, 0) is 6.42 Å². The first kappa shape index (κ1) is 22.1. The van der Waals surface area contributed by atoms with E-state index in [1.54, 1.807) is 0 Å². The van der Waals surface area contributed by atoms with Crippen LogP contribution in [0.1, 0.15) is 17.7 Å². The summed E-state index contributed by atoms with van der Waals surface area (Å²) in [6.45, 7) is 0. The molecule has 0 spiro atoms. The third-order valence-electron chi connectivity index (χ3n) is 8.16. The molecule has 39 heavy (non-hydrogen) atoms. The number of hydrogen-bond acceptors (Lipinski definition) is 1. The highest BCUT2D eigenvalue weighted by Gasteiger charge is 2.23. The molecule has 8 rings (SSSR count). The van der Waals surface area contributed by atoms with Gasteiger partial charge in [0.25, 0.3) is 0 Å². The monoisotopic (exact) mass is 498 g/mol. The second kappa shape index (κ2) is 8.85. The standard InChI is InChI=1S/C38H26O/c1-2-13-25(14-3-1)26-15-4-5-16-27(26)36-28-17-6-8-19-30(28)37(31-20-9-7-18-29(31)36)33-22-12-24-35-38(33)32-21-10-11-23-34(32)39-35/h1-9,11-20,22-24H,10,21H2. The first-order valence-electron chi connectivity index (χ1n) is 13.7. The SMILES string of the molecule is C1=Cc2oc3cccc(-c4c5ccccc5c(-c5ccccc5-c5ccccc5)c5ccccc45)c3c2CC1. The zero-order valence-corrected chi connectivity index (χ0v) is 21.5. The first-order chi connectivity index (χ1) is 19.4. The highest BCUT2D eigenvalue weighted by atomic mass is 16.3. The number of rotatable bonds is 3. The first-order valence-corrected chi connectivity index (χ1v) is 13.7. The van der Waals surface area contributed by atoms with E-state index in [2.05, 4.69) is 133 Å². The van der Waals surface area contributed by atoms with E-state index < -0.39 is 0 Å². The van der Waals surface area contributed by atoms with Crippen LogP contribution in [0.25, 0.3) is 72.0 Å². The van der Waals surface area contributed by atoms with Crippen molar-refractivity contribution >= 4 is 38.6 Å². The van der Waals surface area contributed by atoms with E-state index in [0.717, 1.165) is 24.2 Å². The molecule has 1 aromatic heterocycles. The van der Waals surface area contributed by atoms with Crippen LogP contribution in [0.15, 0.2) is 132 Å². The molecule has 0 fully saturated rings. The molecule has 0 atom stereocenters. The minimum atomic E-state index is 0.968. The summed E-state index contributed by atoms with van der Waals surface area (Å²) in [5.74, 6) is 1.01.